The highest BCUT2D eigenvalue weighted by Gasteiger charge is 2.28. The zero-order chi connectivity index (χ0) is 26.4. The normalized spacial score (nSPS) is 17.4. The summed E-state index contributed by atoms with van der Waals surface area (Å²) in [6.45, 7) is 2.19. The number of esters is 1. The Morgan fingerprint density at radius 1 is 0.865 bits per heavy atom. The topological polar surface area (TPSA) is 35.5 Å². The maximum absolute atomic E-state index is 15.0. The molecule has 196 valence electrons. The van der Waals surface area contributed by atoms with E-state index in [1.165, 1.54) is 69.2 Å². The van der Waals surface area contributed by atoms with Crippen molar-refractivity contribution in [3.8, 4) is 22.6 Å². The Balaban J connectivity index is 1.40. The molecule has 3 aromatic carbocycles. The van der Waals surface area contributed by atoms with Crippen LogP contribution in [0.1, 0.15) is 80.1 Å². The van der Waals surface area contributed by atoms with Gasteiger partial charge in [-0.25, -0.2) is 18.0 Å². The van der Waals surface area contributed by atoms with Gasteiger partial charge in [0.1, 0.15) is 5.75 Å². The molecule has 3 nitrogen and oxygen atoms in total. The van der Waals surface area contributed by atoms with Crippen molar-refractivity contribution in [3.05, 3.63) is 83.2 Å². The molecule has 0 heterocycles. The molecule has 0 N–H and O–H groups in total. The van der Waals surface area contributed by atoms with Crippen molar-refractivity contribution in [2.75, 3.05) is 7.11 Å². The second-order valence-electron chi connectivity index (χ2n) is 9.81. The van der Waals surface area contributed by atoms with Crippen LogP contribution in [0.5, 0.6) is 11.5 Å². The first-order valence-corrected chi connectivity index (χ1v) is 13.0. The number of carbonyl (C=O) groups is 1. The summed E-state index contributed by atoms with van der Waals surface area (Å²) >= 11 is 0. The molecule has 3 aromatic rings. The number of hydrogen-bond donors (Lipinski definition) is 0. The van der Waals surface area contributed by atoms with Crippen LogP contribution in [0, 0.1) is 23.4 Å². The van der Waals surface area contributed by atoms with E-state index in [-0.39, 0.29) is 17.4 Å². The zero-order valence-electron chi connectivity index (χ0n) is 21.4. The Morgan fingerprint density at radius 3 is 2.22 bits per heavy atom. The van der Waals surface area contributed by atoms with Gasteiger partial charge in [-0.05, 0) is 84.5 Å². The molecule has 0 radical (unpaired) electrons. The molecule has 1 saturated carbocycles. The maximum Gasteiger partial charge on any atom is 0.346 e. The molecule has 0 atom stereocenters. The first kappa shape index (κ1) is 26.8. The second-order valence-corrected chi connectivity index (χ2v) is 9.81. The van der Waals surface area contributed by atoms with Crippen LogP contribution in [0.4, 0.5) is 13.2 Å². The minimum Gasteiger partial charge on any atom is -0.494 e. The molecule has 1 aliphatic carbocycles. The third kappa shape index (κ3) is 6.35. The van der Waals surface area contributed by atoms with Crippen molar-refractivity contribution < 1.29 is 27.4 Å². The molecule has 6 heteroatoms. The molecule has 1 aliphatic rings. The van der Waals surface area contributed by atoms with Gasteiger partial charge in [0.15, 0.2) is 23.2 Å². The van der Waals surface area contributed by atoms with Crippen LogP contribution < -0.4 is 9.47 Å². The van der Waals surface area contributed by atoms with Gasteiger partial charge >= 0.3 is 5.97 Å². The molecule has 0 unspecified atom stereocenters. The van der Waals surface area contributed by atoms with E-state index in [9.17, 15) is 18.0 Å². The van der Waals surface area contributed by atoms with Gasteiger partial charge in [0.05, 0.1) is 12.7 Å². The molecule has 0 aromatic heterocycles. The van der Waals surface area contributed by atoms with Gasteiger partial charge in [-0.2, -0.15) is 0 Å². The summed E-state index contributed by atoms with van der Waals surface area (Å²) < 4.78 is 54.1. The lowest BCUT2D eigenvalue weighted by atomic mass is 9.76. The number of hydrogen-bond acceptors (Lipinski definition) is 3. The predicted molar refractivity (Wildman–Crippen MR) is 139 cm³/mol. The third-order valence-electron chi connectivity index (χ3n) is 7.38. The minimum atomic E-state index is -1.17. The number of carbonyl (C=O) groups excluding carboxylic acids is 1. The smallest absolute Gasteiger partial charge is 0.346 e. The van der Waals surface area contributed by atoms with Crippen LogP contribution in [0.3, 0.4) is 0 Å². The fraction of sp³-hybridized carbons (Fsp3) is 0.387. The average Bonchev–Trinajstić information content (AvgIpc) is 2.91. The van der Waals surface area contributed by atoms with Gasteiger partial charge in [0.25, 0.3) is 0 Å². The Labute approximate surface area is 216 Å². The monoisotopic (exact) mass is 510 g/mol. The fourth-order valence-corrected chi connectivity index (χ4v) is 5.21. The molecular formula is C31H33F3O3. The van der Waals surface area contributed by atoms with E-state index in [4.69, 9.17) is 9.47 Å². The van der Waals surface area contributed by atoms with Gasteiger partial charge in [-0.15, -0.1) is 0 Å². The quantitative estimate of drug-likeness (QED) is 0.164. The molecule has 0 spiro atoms. The summed E-state index contributed by atoms with van der Waals surface area (Å²) in [7, 11) is 1.39. The highest BCUT2D eigenvalue weighted by molar-refractivity contribution is 5.91. The molecule has 1 fully saturated rings. The summed E-state index contributed by atoms with van der Waals surface area (Å²) in [5.74, 6) is -2.63. The maximum atomic E-state index is 15.0. The van der Waals surface area contributed by atoms with E-state index in [1.807, 2.05) is 0 Å². The first-order valence-electron chi connectivity index (χ1n) is 13.0. The summed E-state index contributed by atoms with van der Waals surface area (Å²) in [5.41, 5.74) is 1.23. The van der Waals surface area contributed by atoms with E-state index in [0.717, 1.165) is 25.7 Å². The van der Waals surface area contributed by atoms with Crippen LogP contribution in [-0.4, -0.2) is 13.1 Å². The Morgan fingerprint density at radius 2 is 1.57 bits per heavy atom. The number of methoxy groups -OCH3 is 1. The molecule has 0 saturated heterocycles. The molecule has 37 heavy (non-hydrogen) atoms. The minimum absolute atomic E-state index is 0.0302. The Bertz CT molecular complexity index is 1220. The van der Waals surface area contributed by atoms with Crippen molar-refractivity contribution in [3.63, 3.8) is 0 Å². The average molecular weight is 511 g/mol. The zero-order valence-corrected chi connectivity index (χ0v) is 21.4. The summed E-state index contributed by atoms with van der Waals surface area (Å²) in [4.78, 5) is 12.6. The Kier molecular flexibility index (Phi) is 8.91. The summed E-state index contributed by atoms with van der Waals surface area (Å²) in [5, 5.41) is 0. The van der Waals surface area contributed by atoms with Crippen LogP contribution >= 0.6 is 0 Å². The van der Waals surface area contributed by atoms with E-state index in [1.54, 1.807) is 18.2 Å². The van der Waals surface area contributed by atoms with Gasteiger partial charge in [-0.1, -0.05) is 56.9 Å². The lowest BCUT2D eigenvalue weighted by Gasteiger charge is -2.29. The van der Waals surface area contributed by atoms with Crippen LogP contribution in [0.25, 0.3) is 11.1 Å². The van der Waals surface area contributed by atoms with Gasteiger partial charge < -0.3 is 9.47 Å². The third-order valence-corrected chi connectivity index (χ3v) is 7.38. The van der Waals surface area contributed by atoms with E-state index in [2.05, 4.69) is 6.92 Å². The number of ether oxygens (including phenoxy) is 2. The largest absolute Gasteiger partial charge is 0.494 e. The van der Waals surface area contributed by atoms with Crippen molar-refractivity contribution in [2.24, 2.45) is 5.92 Å². The lowest BCUT2D eigenvalue weighted by Crippen LogP contribution is -2.17. The Hall–Kier alpha value is -3.28. The van der Waals surface area contributed by atoms with Crippen molar-refractivity contribution in [2.45, 2.75) is 64.2 Å². The van der Waals surface area contributed by atoms with Crippen molar-refractivity contribution >= 4 is 5.97 Å². The van der Waals surface area contributed by atoms with Crippen molar-refractivity contribution in [1.82, 2.24) is 0 Å². The molecule has 0 aliphatic heterocycles. The SMILES string of the molecule is CCCCCC1CCC(c2ccc(C(=O)Oc3ccc(-c4ccc(OC)c(F)c4)cc3)c(F)c2F)CC1. The standard InChI is InChI=1S/C31H33F3O3/c1-3-4-5-6-20-7-9-22(10-8-20)25-16-17-26(30(34)29(25)33)31(35)37-24-14-11-21(12-15-24)23-13-18-28(36-2)27(32)19-23/h11-20,22H,3-10H2,1-2H3. The van der Waals surface area contributed by atoms with Crippen LogP contribution in [0.2, 0.25) is 0 Å². The fourth-order valence-electron chi connectivity index (χ4n) is 5.21. The number of benzene rings is 3. The summed E-state index contributed by atoms with van der Waals surface area (Å²) in [6, 6.07) is 13.8. The highest BCUT2D eigenvalue weighted by Crippen LogP contribution is 2.39. The van der Waals surface area contributed by atoms with E-state index >= 15 is 0 Å². The number of rotatable bonds is 9. The first-order chi connectivity index (χ1) is 17.9. The highest BCUT2D eigenvalue weighted by atomic mass is 19.2. The van der Waals surface area contributed by atoms with Crippen molar-refractivity contribution in [1.29, 1.82) is 0 Å². The van der Waals surface area contributed by atoms with Crippen LogP contribution in [-0.2, 0) is 0 Å². The number of unbranched alkanes of at least 4 members (excludes halogenated alkanes) is 2. The van der Waals surface area contributed by atoms with Gasteiger partial charge in [0.2, 0.25) is 0 Å². The number of halogens is 3. The van der Waals surface area contributed by atoms with E-state index in [0.29, 0.717) is 22.6 Å². The molecule has 4 rings (SSSR count). The molecule has 0 amide bonds. The summed E-state index contributed by atoms with van der Waals surface area (Å²) in [6.07, 6.45) is 8.60. The second kappa shape index (κ2) is 12.3. The predicted octanol–water partition coefficient (Wildman–Crippen LogP) is 8.85. The van der Waals surface area contributed by atoms with Crippen LogP contribution in [0.15, 0.2) is 54.6 Å². The molecular weight excluding hydrogens is 477 g/mol. The van der Waals surface area contributed by atoms with Gasteiger partial charge in [0, 0.05) is 0 Å². The van der Waals surface area contributed by atoms with E-state index < -0.39 is 29.0 Å². The molecule has 0 bridgehead atoms. The lowest BCUT2D eigenvalue weighted by molar-refractivity contribution is 0.0728. The van der Waals surface area contributed by atoms with Gasteiger partial charge in [-0.3, -0.25) is 0 Å².